The van der Waals surface area contributed by atoms with Gasteiger partial charge in [0.1, 0.15) is 0 Å². The number of rotatable bonds is 7. The molecule has 4 atom stereocenters. The minimum absolute atomic E-state index is 0.0135. The van der Waals surface area contributed by atoms with Crippen LogP contribution in [0.4, 0.5) is 0 Å². The summed E-state index contributed by atoms with van der Waals surface area (Å²) in [4.78, 5) is 16.1. The Kier molecular flexibility index (Phi) is 8.98. The fourth-order valence-electron chi connectivity index (χ4n) is 7.23. The van der Waals surface area contributed by atoms with Gasteiger partial charge >= 0.3 is 0 Å². The molecule has 1 fully saturated rings. The standard InChI is InChI=1S/C36H45NO4/c1-26-9-7-19-35(2)32(17-20-36(35,40)25-37(3)21-18-27-10-5-4-6-11-27)30-16-14-28(23-29(38)15-13-26)24-31(30)34(39)33-12-8-22-41-33/h4-6,8-12,14,16,22,24,29,32,38,40H,7,13,15,17-21,23,25H2,1-3H3/t29-,32-,35-,36+/m0/s1. The number of carbonyl (C=O) groups is 1. The van der Waals surface area contributed by atoms with Gasteiger partial charge in [0.05, 0.1) is 18.0 Å². The van der Waals surface area contributed by atoms with Gasteiger partial charge < -0.3 is 19.5 Å². The number of aliphatic hydroxyl groups excluding tert-OH is 1. The lowest BCUT2D eigenvalue weighted by Crippen LogP contribution is -2.52. The number of ketones is 1. The summed E-state index contributed by atoms with van der Waals surface area (Å²) >= 11 is 0. The zero-order valence-electron chi connectivity index (χ0n) is 24.8. The van der Waals surface area contributed by atoms with Crippen molar-refractivity contribution in [3.05, 3.63) is 107 Å². The quantitative estimate of drug-likeness (QED) is 0.250. The Hall–Kier alpha value is -2.99. The molecule has 0 amide bonds. The Labute approximate surface area is 244 Å². The molecule has 2 aromatic carbocycles. The lowest BCUT2D eigenvalue weighted by Gasteiger charge is -2.45. The van der Waals surface area contributed by atoms with Gasteiger partial charge in [-0.25, -0.2) is 0 Å². The number of aliphatic hydroxyl groups is 2. The van der Waals surface area contributed by atoms with Crippen LogP contribution in [0.15, 0.2) is 83.0 Å². The Balaban J connectivity index is 1.50. The zero-order valence-corrected chi connectivity index (χ0v) is 24.8. The van der Waals surface area contributed by atoms with Crippen LogP contribution < -0.4 is 0 Å². The van der Waals surface area contributed by atoms with E-state index in [2.05, 4.69) is 68.3 Å². The van der Waals surface area contributed by atoms with E-state index in [4.69, 9.17) is 4.42 Å². The second-order valence-electron chi connectivity index (χ2n) is 12.7. The summed E-state index contributed by atoms with van der Waals surface area (Å²) < 4.78 is 5.54. The van der Waals surface area contributed by atoms with Crippen molar-refractivity contribution in [1.29, 1.82) is 0 Å². The van der Waals surface area contributed by atoms with E-state index < -0.39 is 17.1 Å². The third kappa shape index (κ3) is 6.43. The largest absolute Gasteiger partial charge is 0.461 e. The van der Waals surface area contributed by atoms with Crippen LogP contribution in [0.5, 0.6) is 0 Å². The summed E-state index contributed by atoms with van der Waals surface area (Å²) in [7, 11) is 2.11. The van der Waals surface area contributed by atoms with Crippen LogP contribution in [0.1, 0.15) is 91.1 Å². The highest BCUT2D eigenvalue weighted by Crippen LogP contribution is 2.58. The molecule has 6 rings (SSSR count). The molecular weight excluding hydrogens is 510 g/mol. The van der Waals surface area contributed by atoms with Crippen molar-refractivity contribution in [3.8, 4) is 0 Å². The number of likely N-dealkylation sites (N-methyl/N-ethyl adjacent to an activating group) is 1. The van der Waals surface area contributed by atoms with Gasteiger partial charge in [-0.05, 0) is 106 Å². The highest BCUT2D eigenvalue weighted by atomic mass is 16.3. The molecule has 218 valence electrons. The molecule has 3 aliphatic rings. The SMILES string of the molecule is CC1=CCC[C@@]2(C)[C@@H](CC[C@@]2(O)CN(C)CCc2ccccc2)c2ccc(cc2C(=O)c2ccco2)C[C@@H](O)CC1. The van der Waals surface area contributed by atoms with Gasteiger partial charge in [0.2, 0.25) is 5.78 Å². The van der Waals surface area contributed by atoms with Crippen molar-refractivity contribution in [2.75, 3.05) is 20.1 Å². The summed E-state index contributed by atoms with van der Waals surface area (Å²) in [5.41, 5.74) is 3.80. The molecule has 3 aliphatic carbocycles. The molecule has 0 aliphatic heterocycles. The van der Waals surface area contributed by atoms with Gasteiger partial charge in [-0.3, -0.25) is 4.79 Å². The highest BCUT2D eigenvalue weighted by molar-refractivity contribution is 6.08. The van der Waals surface area contributed by atoms with Crippen molar-refractivity contribution < 1.29 is 19.4 Å². The van der Waals surface area contributed by atoms with Crippen LogP contribution in [0.25, 0.3) is 0 Å². The first-order chi connectivity index (χ1) is 19.7. The molecule has 0 unspecified atom stereocenters. The maximum atomic E-state index is 13.8. The van der Waals surface area contributed by atoms with Gasteiger partial charge in [-0.1, -0.05) is 61.0 Å². The number of carbonyl (C=O) groups excluding carboxylic acids is 1. The third-order valence-corrected chi connectivity index (χ3v) is 9.82. The minimum atomic E-state index is -0.901. The van der Waals surface area contributed by atoms with Crippen LogP contribution >= 0.6 is 0 Å². The van der Waals surface area contributed by atoms with Crippen LogP contribution in [-0.2, 0) is 12.8 Å². The number of benzene rings is 2. The minimum Gasteiger partial charge on any atom is -0.461 e. The van der Waals surface area contributed by atoms with Gasteiger partial charge in [0.15, 0.2) is 5.76 Å². The molecule has 2 bridgehead atoms. The summed E-state index contributed by atoms with van der Waals surface area (Å²) in [6.07, 6.45) is 9.47. The molecule has 3 aromatic rings. The van der Waals surface area contributed by atoms with E-state index in [1.54, 1.807) is 12.1 Å². The van der Waals surface area contributed by atoms with Crippen LogP contribution in [0, 0.1) is 5.41 Å². The molecule has 1 aromatic heterocycles. The van der Waals surface area contributed by atoms with Crippen molar-refractivity contribution >= 4 is 5.78 Å². The van der Waals surface area contributed by atoms with Crippen molar-refractivity contribution in [2.24, 2.45) is 5.41 Å². The van der Waals surface area contributed by atoms with E-state index >= 15 is 0 Å². The second-order valence-corrected chi connectivity index (χ2v) is 12.7. The first-order valence-electron chi connectivity index (χ1n) is 15.2. The summed E-state index contributed by atoms with van der Waals surface area (Å²) in [6, 6.07) is 20.1. The smallest absolute Gasteiger partial charge is 0.228 e. The maximum Gasteiger partial charge on any atom is 0.228 e. The number of fused-ring (bicyclic) bond motifs is 8. The highest BCUT2D eigenvalue weighted by Gasteiger charge is 2.57. The predicted octanol–water partition coefficient (Wildman–Crippen LogP) is 6.72. The monoisotopic (exact) mass is 555 g/mol. The summed E-state index contributed by atoms with van der Waals surface area (Å²) in [6.45, 7) is 5.83. The fourth-order valence-corrected chi connectivity index (χ4v) is 7.23. The van der Waals surface area contributed by atoms with E-state index in [0.717, 1.165) is 49.8 Å². The average Bonchev–Trinajstić information content (AvgIpc) is 3.58. The molecule has 1 saturated carbocycles. The van der Waals surface area contributed by atoms with Crippen molar-refractivity contribution in [3.63, 3.8) is 0 Å². The lowest BCUT2D eigenvalue weighted by atomic mass is 9.64. The van der Waals surface area contributed by atoms with E-state index in [1.165, 1.54) is 17.4 Å². The number of furan rings is 1. The van der Waals surface area contributed by atoms with Crippen LogP contribution in [0.3, 0.4) is 0 Å². The average molecular weight is 556 g/mol. The van der Waals surface area contributed by atoms with Crippen molar-refractivity contribution in [2.45, 2.75) is 82.8 Å². The van der Waals surface area contributed by atoms with E-state index in [-0.39, 0.29) is 11.7 Å². The molecule has 41 heavy (non-hydrogen) atoms. The molecule has 1 heterocycles. The topological polar surface area (TPSA) is 73.9 Å². The first kappa shape index (κ1) is 29.5. The molecule has 2 N–H and O–H groups in total. The third-order valence-electron chi connectivity index (χ3n) is 9.82. The predicted molar refractivity (Wildman–Crippen MR) is 163 cm³/mol. The van der Waals surface area contributed by atoms with E-state index in [0.29, 0.717) is 37.1 Å². The van der Waals surface area contributed by atoms with Gasteiger partial charge in [0, 0.05) is 24.1 Å². The Morgan fingerprint density at radius 3 is 2.63 bits per heavy atom. The summed E-state index contributed by atoms with van der Waals surface area (Å²) in [5.74, 6) is 0.195. The van der Waals surface area contributed by atoms with Crippen LogP contribution in [-0.4, -0.2) is 52.7 Å². The Morgan fingerprint density at radius 2 is 1.88 bits per heavy atom. The molecule has 0 spiro atoms. The molecule has 5 nitrogen and oxygen atoms in total. The van der Waals surface area contributed by atoms with Crippen LogP contribution in [0.2, 0.25) is 0 Å². The second kappa shape index (κ2) is 12.5. The molecule has 0 radical (unpaired) electrons. The van der Waals surface area contributed by atoms with E-state index in [1.807, 2.05) is 12.1 Å². The molecule has 5 heteroatoms. The van der Waals surface area contributed by atoms with Gasteiger partial charge in [-0.15, -0.1) is 0 Å². The number of allylic oxidation sites excluding steroid dienone is 2. The normalized spacial score (nSPS) is 26.9. The molecule has 0 saturated heterocycles. The maximum absolute atomic E-state index is 13.8. The number of hydrogen-bond donors (Lipinski definition) is 2. The van der Waals surface area contributed by atoms with E-state index in [9.17, 15) is 15.0 Å². The lowest BCUT2D eigenvalue weighted by molar-refractivity contribution is -0.0798. The van der Waals surface area contributed by atoms with Gasteiger partial charge in [0.25, 0.3) is 0 Å². The van der Waals surface area contributed by atoms with Crippen molar-refractivity contribution in [1.82, 2.24) is 4.90 Å². The van der Waals surface area contributed by atoms with Gasteiger partial charge in [-0.2, -0.15) is 0 Å². The number of hydrogen-bond acceptors (Lipinski definition) is 5. The zero-order chi connectivity index (χ0) is 29.0. The first-order valence-corrected chi connectivity index (χ1v) is 15.2. The Morgan fingerprint density at radius 1 is 1.07 bits per heavy atom. The summed E-state index contributed by atoms with van der Waals surface area (Å²) in [5, 5.41) is 23.3. The fraction of sp³-hybridized carbons (Fsp3) is 0.472. The number of nitrogens with zero attached hydrogens (tertiary/aromatic N) is 1. The molecular formula is C36H45NO4. The Bertz CT molecular complexity index is 1350.